The average molecular weight is 319 g/mol. The van der Waals surface area contributed by atoms with Crippen LogP contribution in [0.5, 0.6) is 0 Å². The van der Waals surface area contributed by atoms with Crippen LogP contribution in [0.2, 0.25) is 0 Å². The normalized spacial score (nSPS) is 11.4. The van der Waals surface area contributed by atoms with E-state index in [-0.39, 0.29) is 0 Å². The van der Waals surface area contributed by atoms with Crippen LogP contribution in [0.3, 0.4) is 0 Å². The van der Waals surface area contributed by atoms with Crippen molar-refractivity contribution in [2.75, 3.05) is 6.61 Å². The van der Waals surface area contributed by atoms with E-state index in [1.165, 1.54) is 5.56 Å². The molecule has 2 aromatic rings. The van der Waals surface area contributed by atoms with Crippen LogP contribution in [0.25, 0.3) is 0 Å². The van der Waals surface area contributed by atoms with Crippen molar-refractivity contribution in [3.05, 3.63) is 63.9 Å². The van der Waals surface area contributed by atoms with E-state index in [1.54, 1.807) is 0 Å². The van der Waals surface area contributed by atoms with Crippen LogP contribution < -0.4 is 0 Å². The molecule has 19 heavy (non-hydrogen) atoms. The van der Waals surface area contributed by atoms with Crippen molar-refractivity contribution in [1.29, 1.82) is 0 Å². The van der Waals surface area contributed by atoms with Gasteiger partial charge in [0.05, 0.1) is 5.69 Å². The van der Waals surface area contributed by atoms with Gasteiger partial charge in [-0.2, -0.15) is 0 Å². The van der Waals surface area contributed by atoms with Crippen LogP contribution in [-0.2, 0) is 4.84 Å². The molecule has 3 nitrogen and oxygen atoms in total. The van der Waals surface area contributed by atoms with Crippen molar-refractivity contribution in [3.63, 3.8) is 0 Å². The van der Waals surface area contributed by atoms with Gasteiger partial charge in [0.2, 0.25) is 0 Å². The molecule has 1 heterocycles. The summed E-state index contributed by atoms with van der Waals surface area (Å²) in [6.07, 6.45) is 0. The molecule has 0 radical (unpaired) electrons. The van der Waals surface area contributed by atoms with E-state index in [4.69, 9.17) is 4.84 Å². The van der Waals surface area contributed by atoms with Gasteiger partial charge in [0, 0.05) is 5.56 Å². The Morgan fingerprint density at radius 3 is 2.74 bits per heavy atom. The first-order chi connectivity index (χ1) is 9.20. The van der Waals surface area contributed by atoms with Crippen LogP contribution >= 0.6 is 15.9 Å². The summed E-state index contributed by atoms with van der Waals surface area (Å²) in [5, 5.41) is 4.20. The van der Waals surface area contributed by atoms with Gasteiger partial charge in [-0.25, -0.2) is 4.98 Å². The Balaban J connectivity index is 2.48. The lowest BCUT2D eigenvalue weighted by Gasteiger charge is -2.07. The second-order valence-corrected chi connectivity index (χ2v) is 4.89. The molecule has 1 aromatic heterocycles. The number of oxime groups is 1. The minimum absolute atomic E-state index is 0.531. The highest BCUT2D eigenvalue weighted by molar-refractivity contribution is 9.10. The van der Waals surface area contributed by atoms with Gasteiger partial charge in [-0.1, -0.05) is 35.0 Å². The molecule has 4 heteroatoms. The van der Waals surface area contributed by atoms with Crippen LogP contribution in [0.1, 0.15) is 23.7 Å². The first-order valence-electron chi connectivity index (χ1n) is 6.10. The predicted octanol–water partition coefficient (Wildman–Crippen LogP) is 3.94. The van der Waals surface area contributed by atoms with Gasteiger partial charge in [0.15, 0.2) is 0 Å². The zero-order valence-corrected chi connectivity index (χ0v) is 12.5. The SMILES string of the molecule is CCO/N=C(/c1cccc(C)c1)c1cccc(Br)n1. The maximum absolute atomic E-state index is 5.22. The van der Waals surface area contributed by atoms with E-state index in [2.05, 4.69) is 45.1 Å². The van der Waals surface area contributed by atoms with Gasteiger partial charge < -0.3 is 4.84 Å². The van der Waals surface area contributed by atoms with Gasteiger partial charge in [0.25, 0.3) is 0 Å². The molecule has 0 spiro atoms. The Labute approximate surface area is 121 Å². The third kappa shape index (κ3) is 3.64. The van der Waals surface area contributed by atoms with Crippen molar-refractivity contribution in [2.45, 2.75) is 13.8 Å². The molecule has 1 aromatic carbocycles. The van der Waals surface area contributed by atoms with Crippen molar-refractivity contribution < 1.29 is 4.84 Å². The smallest absolute Gasteiger partial charge is 0.135 e. The predicted molar refractivity (Wildman–Crippen MR) is 80.4 cm³/mol. The molecule has 0 aliphatic carbocycles. The van der Waals surface area contributed by atoms with Crippen molar-refractivity contribution in [3.8, 4) is 0 Å². The fourth-order valence-corrected chi connectivity index (χ4v) is 2.05. The van der Waals surface area contributed by atoms with Gasteiger partial charge in [-0.15, -0.1) is 0 Å². The molecule has 0 bridgehead atoms. The summed E-state index contributed by atoms with van der Waals surface area (Å²) < 4.78 is 0.779. The standard InChI is InChI=1S/C15H15BrN2O/c1-3-19-18-15(12-7-4-6-11(2)10-12)13-8-5-9-14(16)17-13/h4-10H,3H2,1-2H3/b18-15-. The van der Waals surface area contributed by atoms with Crippen LogP contribution in [0.15, 0.2) is 52.2 Å². The summed E-state index contributed by atoms with van der Waals surface area (Å²) in [4.78, 5) is 9.66. The van der Waals surface area contributed by atoms with Gasteiger partial charge in [-0.3, -0.25) is 0 Å². The minimum Gasteiger partial charge on any atom is -0.396 e. The summed E-state index contributed by atoms with van der Waals surface area (Å²) >= 11 is 3.38. The molecular formula is C15H15BrN2O. The van der Waals surface area contributed by atoms with E-state index >= 15 is 0 Å². The van der Waals surface area contributed by atoms with Crippen molar-refractivity contribution in [1.82, 2.24) is 4.98 Å². The Kier molecular flexibility index (Phi) is 4.68. The maximum Gasteiger partial charge on any atom is 0.135 e. The van der Waals surface area contributed by atoms with Gasteiger partial charge in [0.1, 0.15) is 16.9 Å². The number of halogens is 1. The lowest BCUT2D eigenvalue weighted by atomic mass is 10.0. The van der Waals surface area contributed by atoms with Gasteiger partial charge >= 0.3 is 0 Å². The van der Waals surface area contributed by atoms with E-state index in [1.807, 2.05) is 37.3 Å². The molecular weight excluding hydrogens is 304 g/mol. The Bertz CT molecular complexity index is 549. The summed E-state index contributed by atoms with van der Waals surface area (Å²) in [6.45, 7) is 4.49. The highest BCUT2D eigenvalue weighted by Crippen LogP contribution is 2.14. The number of hydrogen-bond donors (Lipinski definition) is 0. The van der Waals surface area contributed by atoms with Crippen LogP contribution in [0, 0.1) is 6.92 Å². The van der Waals surface area contributed by atoms with Crippen LogP contribution in [-0.4, -0.2) is 17.3 Å². The van der Waals surface area contributed by atoms with E-state index in [0.717, 1.165) is 21.6 Å². The lowest BCUT2D eigenvalue weighted by Crippen LogP contribution is -2.07. The molecule has 0 saturated carbocycles. The van der Waals surface area contributed by atoms with Crippen molar-refractivity contribution in [2.24, 2.45) is 5.16 Å². The van der Waals surface area contributed by atoms with Gasteiger partial charge in [-0.05, 0) is 48.0 Å². The molecule has 0 N–H and O–H groups in total. The third-order valence-electron chi connectivity index (χ3n) is 2.53. The molecule has 2 rings (SSSR count). The summed E-state index contributed by atoms with van der Waals surface area (Å²) in [7, 11) is 0. The quantitative estimate of drug-likeness (QED) is 0.486. The first kappa shape index (κ1) is 13.7. The number of hydrogen-bond acceptors (Lipinski definition) is 3. The molecule has 0 saturated heterocycles. The number of benzene rings is 1. The van der Waals surface area contributed by atoms with Crippen LogP contribution in [0.4, 0.5) is 0 Å². The molecule has 0 aliphatic rings. The summed E-state index contributed by atoms with van der Waals surface area (Å²) in [5.74, 6) is 0. The Morgan fingerprint density at radius 1 is 1.26 bits per heavy atom. The maximum atomic E-state index is 5.22. The topological polar surface area (TPSA) is 34.5 Å². The fraction of sp³-hybridized carbons (Fsp3) is 0.200. The number of aromatic nitrogens is 1. The first-order valence-corrected chi connectivity index (χ1v) is 6.90. The second kappa shape index (κ2) is 6.48. The zero-order chi connectivity index (χ0) is 13.7. The monoisotopic (exact) mass is 318 g/mol. The molecule has 0 atom stereocenters. The number of pyridine rings is 1. The molecule has 0 fully saturated rings. The molecule has 98 valence electrons. The second-order valence-electron chi connectivity index (χ2n) is 4.07. The summed E-state index contributed by atoms with van der Waals surface area (Å²) in [6, 6.07) is 13.9. The number of aryl methyl sites for hydroxylation is 1. The lowest BCUT2D eigenvalue weighted by molar-refractivity contribution is 0.159. The molecule has 0 aliphatic heterocycles. The molecule has 0 unspecified atom stereocenters. The molecule has 0 amide bonds. The largest absolute Gasteiger partial charge is 0.396 e. The third-order valence-corrected chi connectivity index (χ3v) is 2.98. The fourth-order valence-electron chi connectivity index (χ4n) is 1.71. The highest BCUT2D eigenvalue weighted by atomic mass is 79.9. The Hall–Kier alpha value is -1.68. The average Bonchev–Trinajstić information content (AvgIpc) is 2.39. The Morgan fingerprint density at radius 2 is 2.05 bits per heavy atom. The van der Waals surface area contributed by atoms with Crippen molar-refractivity contribution >= 4 is 21.6 Å². The highest BCUT2D eigenvalue weighted by Gasteiger charge is 2.10. The minimum atomic E-state index is 0.531. The number of nitrogens with zero attached hydrogens (tertiary/aromatic N) is 2. The van der Waals surface area contributed by atoms with E-state index in [9.17, 15) is 0 Å². The van der Waals surface area contributed by atoms with E-state index in [0.29, 0.717) is 6.61 Å². The number of rotatable bonds is 4. The van der Waals surface area contributed by atoms with E-state index < -0.39 is 0 Å². The zero-order valence-electron chi connectivity index (χ0n) is 10.9. The summed E-state index contributed by atoms with van der Waals surface area (Å²) in [5.41, 5.74) is 3.70.